The molecule has 0 saturated heterocycles. The lowest BCUT2D eigenvalue weighted by Gasteiger charge is -2.33. The summed E-state index contributed by atoms with van der Waals surface area (Å²) in [5, 5.41) is 5.81. The molecule has 5 aromatic rings. The first-order chi connectivity index (χ1) is 18.5. The molecule has 5 aromatic carbocycles. The summed E-state index contributed by atoms with van der Waals surface area (Å²) in [5.74, 6) is 0. The predicted octanol–water partition coefficient (Wildman–Crippen LogP) is 8.23. The Morgan fingerprint density at radius 3 is 1.13 bits per heavy atom. The summed E-state index contributed by atoms with van der Waals surface area (Å²) in [7, 11) is -1.17. The van der Waals surface area contributed by atoms with E-state index in [1.54, 1.807) is 0 Å². The van der Waals surface area contributed by atoms with Crippen molar-refractivity contribution >= 4 is 37.1 Å². The molecule has 0 radical (unpaired) electrons. The quantitative estimate of drug-likeness (QED) is 0.177. The predicted molar refractivity (Wildman–Crippen MR) is 171 cm³/mol. The van der Waals surface area contributed by atoms with E-state index in [0.717, 1.165) is 6.16 Å². The van der Waals surface area contributed by atoms with E-state index in [1.807, 2.05) is 0 Å². The molecule has 0 aliphatic heterocycles. The monoisotopic (exact) mass is 530 g/mol. The van der Waals surface area contributed by atoms with Crippen LogP contribution >= 0.6 is 15.8 Å². The van der Waals surface area contributed by atoms with E-state index in [9.17, 15) is 0 Å². The molecule has 1 unspecified atom stereocenters. The molecule has 0 spiro atoms. The zero-order valence-electron chi connectivity index (χ0n) is 22.8. The van der Waals surface area contributed by atoms with Crippen LogP contribution in [0.1, 0.15) is 33.5 Å². The van der Waals surface area contributed by atoms with E-state index in [2.05, 4.69) is 155 Å². The van der Waals surface area contributed by atoms with Crippen LogP contribution in [-0.2, 0) is 0 Å². The highest BCUT2D eigenvalue weighted by atomic mass is 31.1. The number of rotatable bonds is 8. The van der Waals surface area contributed by atoms with Gasteiger partial charge in [-0.05, 0) is 76.5 Å². The Labute approximate surface area is 231 Å². The van der Waals surface area contributed by atoms with Crippen molar-refractivity contribution in [2.45, 2.75) is 33.4 Å². The molecule has 0 bridgehead atoms. The van der Waals surface area contributed by atoms with Crippen molar-refractivity contribution in [2.75, 3.05) is 6.16 Å². The van der Waals surface area contributed by atoms with Crippen LogP contribution in [0.2, 0.25) is 0 Å². The van der Waals surface area contributed by atoms with Crippen LogP contribution in [0.15, 0.2) is 127 Å². The van der Waals surface area contributed by atoms with E-state index < -0.39 is 15.8 Å². The van der Waals surface area contributed by atoms with E-state index in [0.29, 0.717) is 5.66 Å². The van der Waals surface area contributed by atoms with Gasteiger partial charge in [-0.3, -0.25) is 0 Å². The number of aryl methyl sites for hydroxylation is 4. The van der Waals surface area contributed by atoms with Gasteiger partial charge in [-0.15, -0.1) is 0 Å². The Morgan fingerprint density at radius 1 is 0.421 bits per heavy atom. The molecule has 38 heavy (non-hydrogen) atoms. The third-order valence-corrected chi connectivity index (χ3v) is 12.8. The van der Waals surface area contributed by atoms with Gasteiger partial charge in [-0.1, -0.05) is 150 Å². The Balaban J connectivity index is 1.67. The number of hydrogen-bond donors (Lipinski definition) is 0. The Bertz CT molecular complexity index is 1350. The fraction of sp³-hybridized carbons (Fsp3) is 0.167. The molecular formula is C36H36P2. The molecule has 0 aromatic heterocycles. The number of benzene rings is 5. The summed E-state index contributed by atoms with van der Waals surface area (Å²) in [6, 6.07) is 48.4. The van der Waals surface area contributed by atoms with Crippen molar-refractivity contribution in [3.63, 3.8) is 0 Å². The van der Waals surface area contributed by atoms with Crippen LogP contribution in [0.4, 0.5) is 0 Å². The Morgan fingerprint density at radius 2 is 0.763 bits per heavy atom. The molecule has 2 heteroatoms. The molecular weight excluding hydrogens is 494 g/mol. The molecule has 0 saturated carbocycles. The summed E-state index contributed by atoms with van der Waals surface area (Å²) in [6.07, 6.45) is 1.11. The third kappa shape index (κ3) is 6.32. The van der Waals surface area contributed by atoms with Gasteiger partial charge in [-0.25, -0.2) is 0 Å². The third-order valence-electron chi connectivity index (χ3n) is 7.17. The molecule has 1 atom stereocenters. The van der Waals surface area contributed by atoms with Crippen molar-refractivity contribution < 1.29 is 0 Å². The first kappa shape index (κ1) is 26.6. The van der Waals surface area contributed by atoms with E-state index in [1.165, 1.54) is 49.0 Å². The summed E-state index contributed by atoms with van der Waals surface area (Å²) in [5.41, 5.74) is 7.08. The van der Waals surface area contributed by atoms with Gasteiger partial charge >= 0.3 is 0 Å². The van der Waals surface area contributed by atoms with Gasteiger partial charge in [0.25, 0.3) is 0 Å². The molecule has 5 rings (SSSR count). The average molecular weight is 531 g/mol. The standard InChI is InChI=1S/C36H36P2/c1-27-10-18-32(19-11-27)37(33-20-12-28(2)13-21-33)26-36(31-8-6-5-7-9-31)38(34-22-14-29(3)15-23-34)35-24-16-30(4)17-25-35/h5-25,36H,26H2,1-4H3. The van der Waals surface area contributed by atoms with Gasteiger partial charge in [-0.2, -0.15) is 0 Å². The lowest BCUT2D eigenvalue weighted by atomic mass is 10.2. The van der Waals surface area contributed by atoms with Crippen molar-refractivity contribution in [3.8, 4) is 0 Å². The molecule has 0 heterocycles. The molecule has 0 fully saturated rings. The topological polar surface area (TPSA) is 0 Å². The van der Waals surface area contributed by atoms with Crippen molar-refractivity contribution in [3.05, 3.63) is 155 Å². The Kier molecular flexibility index (Phi) is 8.54. The highest BCUT2D eigenvalue weighted by Gasteiger charge is 2.30. The first-order valence-corrected chi connectivity index (χ1v) is 16.3. The average Bonchev–Trinajstić information content (AvgIpc) is 2.94. The normalized spacial score (nSPS) is 12.2. The lowest BCUT2D eigenvalue weighted by Crippen LogP contribution is -2.23. The minimum atomic E-state index is -0.625. The van der Waals surface area contributed by atoms with Gasteiger partial charge in [0.2, 0.25) is 0 Å². The second-order valence-electron chi connectivity index (χ2n) is 10.2. The van der Waals surface area contributed by atoms with Crippen LogP contribution in [0, 0.1) is 27.7 Å². The first-order valence-electron chi connectivity index (χ1n) is 13.4. The zero-order valence-corrected chi connectivity index (χ0v) is 24.6. The van der Waals surface area contributed by atoms with Crippen molar-refractivity contribution in [1.82, 2.24) is 0 Å². The minimum absolute atomic E-state index is 0.394. The van der Waals surface area contributed by atoms with E-state index in [4.69, 9.17) is 0 Å². The number of hydrogen-bond acceptors (Lipinski definition) is 0. The molecule has 0 aliphatic rings. The highest BCUT2D eigenvalue weighted by molar-refractivity contribution is 7.76. The van der Waals surface area contributed by atoms with Crippen molar-refractivity contribution in [2.24, 2.45) is 0 Å². The minimum Gasteiger partial charge on any atom is -0.0622 e. The van der Waals surface area contributed by atoms with Crippen LogP contribution < -0.4 is 21.2 Å². The second-order valence-corrected chi connectivity index (χ2v) is 14.9. The van der Waals surface area contributed by atoms with Crippen molar-refractivity contribution in [1.29, 1.82) is 0 Å². The molecule has 0 aliphatic carbocycles. The van der Waals surface area contributed by atoms with Gasteiger partial charge < -0.3 is 0 Å². The van der Waals surface area contributed by atoms with E-state index >= 15 is 0 Å². The van der Waals surface area contributed by atoms with E-state index in [-0.39, 0.29) is 0 Å². The maximum absolute atomic E-state index is 2.37. The largest absolute Gasteiger partial charge is 0.0622 e. The lowest BCUT2D eigenvalue weighted by molar-refractivity contribution is 1.10. The second kappa shape index (κ2) is 12.2. The van der Waals surface area contributed by atoms with Crippen LogP contribution in [-0.4, -0.2) is 6.16 Å². The van der Waals surface area contributed by atoms with Crippen LogP contribution in [0.25, 0.3) is 0 Å². The maximum atomic E-state index is 2.37. The SMILES string of the molecule is Cc1ccc(P(CC(c2ccccc2)P(c2ccc(C)cc2)c2ccc(C)cc2)c2ccc(C)cc2)cc1. The fourth-order valence-corrected chi connectivity index (χ4v) is 10.8. The van der Waals surface area contributed by atoms with Gasteiger partial charge in [0, 0.05) is 5.66 Å². The molecule has 0 N–H and O–H groups in total. The zero-order chi connectivity index (χ0) is 26.5. The molecule has 190 valence electrons. The fourth-order valence-electron chi connectivity index (χ4n) is 4.91. The smallest absolute Gasteiger partial charge is 0.0167 e. The summed E-state index contributed by atoms with van der Waals surface area (Å²) in [4.78, 5) is 0. The highest BCUT2D eigenvalue weighted by Crippen LogP contribution is 2.55. The maximum Gasteiger partial charge on any atom is 0.0167 e. The molecule has 0 amide bonds. The summed E-state index contributed by atoms with van der Waals surface area (Å²) in [6.45, 7) is 8.72. The van der Waals surface area contributed by atoms with Gasteiger partial charge in [0.15, 0.2) is 0 Å². The van der Waals surface area contributed by atoms with Gasteiger partial charge in [0.1, 0.15) is 0 Å². The van der Waals surface area contributed by atoms with Crippen LogP contribution in [0.5, 0.6) is 0 Å². The van der Waals surface area contributed by atoms with Crippen LogP contribution in [0.3, 0.4) is 0 Å². The Hall–Kier alpha value is -3.04. The van der Waals surface area contributed by atoms with Gasteiger partial charge in [0.05, 0.1) is 0 Å². The summed E-state index contributed by atoms with van der Waals surface area (Å²) >= 11 is 0. The molecule has 0 nitrogen and oxygen atoms in total. The summed E-state index contributed by atoms with van der Waals surface area (Å²) < 4.78 is 0.